The van der Waals surface area contributed by atoms with Crippen LogP contribution in [0.5, 0.6) is 0 Å². The van der Waals surface area contributed by atoms with E-state index in [0.717, 1.165) is 10.1 Å². The van der Waals surface area contributed by atoms with Crippen LogP contribution in [0.2, 0.25) is 10.0 Å². The van der Waals surface area contributed by atoms with Crippen LogP contribution in [0.15, 0.2) is 52.1 Å². The first kappa shape index (κ1) is 18.7. The molecule has 0 fully saturated rings. The first-order valence-corrected chi connectivity index (χ1v) is 8.81. The van der Waals surface area contributed by atoms with Crippen molar-refractivity contribution in [3.05, 3.63) is 78.9 Å². The van der Waals surface area contributed by atoms with E-state index in [-0.39, 0.29) is 13.1 Å². The molecule has 0 bridgehead atoms. The number of aliphatic hydroxyl groups is 1. The lowest BCUT2D eigenvalue weighted by Gasteiger charge is -2.21. The molecule has 1 N–H and O–H groups in total. The van der Waals surface area contributed by atoms with Gasteiger partial charge in [0.2, 0.25) is 0 Å². The Morgan fingerprint density at radius 3 is 2.19 bits per heavy atom. The molecule has 0 saturated carbocycles. The minimum atomic E-state index is -1.14. The Morgan fingerprint density at radius 2 is 1.58 bits per heavy atom. The second kappa shape index (κ2) is 6.91. The van der Waals surface area contributed by atoms with Gasteiger partial charge in [0, 0.05) is 10.0 Å². The van der Waals surface area contributed by atoms with Crippen molar-refractivity contribution in [3.63, 3.8) is 0 Å². The lowest BCUT2D eigenvalue weighted by Crippen LogP contribution is -2.43. The Hall–Kier alpha value is -2.08. The third-order valence-corrected chi connectivity index (χ3v) is 4.47. The van der Waals surface area contributed by atoms with Crippen molar-refractivity contribution >= 4 is 34.1 Å². The van der Waals surface area contributed by atoms with Crippen molar-refractivity contribution < 1.29 is 5.11 Å². The van der Waals surface area contributed by atoms with Crippen LogP contribution >= 0.6 is 23.2 Å². The minimum absolute atomic E-state index is 0.0313. The SMILES string of the molecule is CC(C)(O)Cn1c(=O)n(Cc2ccc(Cl)cc2)c(=O)c2ccc(Cl)cc21. The van der Waals surface area contributed by atoms with Gasteiger partial charge in [-0.05, 0) is 49.7 Å². The maximum absolute atomic E-state index is 13.0. The zero-order chi connectivity index (χ0) is 19.1. The van der Waals surface area contributed by atoms with Crippen LogP contribution in [0.1, 0.15) is 19.4 Å². The molecular weight excluding hydrogens is 375 g/mol. The van der Waals surface area contributed by atoms with E-state index in [1.165, 1.54) is 4.57 Å². The van der Waals surface area contributed by atoms with E-state index in [4.69, 9.17) is 23.2 Å². The lowest BCUT2D eigenvalue weighted by molar-refractivity contribution is 0.0610. The average Bonchev–Trinajstić information content (AvgIpc) is 2.56. The number of rotatable bonds is 4. The summed E-state index contributed by atoms with van der Waals surface area (Å²) in [7, 11) is 0. The summed E-state index contributed by atoms with van der Waals surface area (Å²) in [5.41, 5.74) is -0.856. The number of nitrogens with zero attached hydrogens (tertiary/aromatic N) is 2. The molecule has 0 atom stereocenters. The molecule has 3 rings (SSSR count). The summed E-state index contributed by atoms with van der Waals surface area (Å²) < 4.78 is 2.55. The Labute approximate surface area is 160 Å². The fourth-order valence-electron chi connectivity index (χ4n) is 2.84. The predicted octanol–water partition coefficient (Wildman–Crippen LogP) is 3.29. The number of aromatic nitrogens is 2. The van der Waals surface area contributed by atoms with E-state index in [9.17, 15) is 14.7 Å². The Morgan fingerprint density at radius 1 is 0.962 bits per heavy atom. The molecule has 0 aliphatic carbocycles. The van der Waals surface area contributed by atoms with Gasteiger partial charge < -0.3 is 5.11 Å². The van der Waals surface area contributed by atoms with Gasteiger partial charge in [-0.25, -0.2) is 4.79 Å². The maximum Gasteiger partial charge on any atom is 0.331 e. The molecule has 0 aliphatic heterocycles. The van der Waals surface area contributed by atoms with Crippen molar-refractivity contribution in [1.82, 2.24) is 9.13 Å². The molecular formula is C19H18Cl2N2O3. The highest BCUT2D eigenvalue weighted by atomic mass is 35.5. The van der Waals surface area contributed by atoms with E-state index in [2.05, 4.69) is 0 Å². The van der Waals surface area contributed by atoms with Crippen LogP contribution in [0.25, 0.3) is 10.9 Å². The molecule has 5 nitrogen and oxygen atoms in total. The minimum Gasteiger partial charge on any atom is -0.389 e. The molecule has 1 aromatic heterocycles. The third-order valence-electron chi connectivity index (χ3n) is 3.99. The summed E-state index contributed by atoms with van der Waals surface area (Å²) in [6.45, 7) is 3.34. The fraction of sp³-hybridized carbons (Fsp3) is 0.263. The fourth-order valence-corrected chi connectivity index (χ4v) is 3.13. The molecule has 3 aromatic rings. The summed E-state index contributed by atoms with van der Waals surface area (Å²) in [6.07, 6.45) is 0. The lowest BCUT2D eigenvalue weighted by atomic mass is 10.1. The van der Waals surface area contributed by atoms with Crippen molar-refractivity contribution in [2.75, 3.05) is 0 Å². The monoisotopic (exact) mass is 392 g/mol. The zero-order valence-electron chi connectivity index (χ0n) is 14.4. The van der Waals surface area contributed by atoms with E-state index in [1.807, 2.05) is 0 Å². The number of hydrogen-bond acceptors (Lipinski definition) is 3. The molecule has 2 aromatic carbocycles. The standard InChI is InChI=1S/C19H18Cl2N2O3/c1-19(2,26)11-23-16-9-14(21)7-8-15(16)17(24)22(18(23)25)10-12-3-5-13(20)6-4-12/h3-9,26H,10-11H2,1-2H3. The Balaban J connectivity index is 2.26. The quantitative estimate of drug-likeness (QED) is 0.740. The van der Waals surface area contributed by atoms with Crippen molar-refractivity contribution in [2.24, 2.45) is 0 Å². The highest BCUT2D eigenvalue weighted by molar-refractivity contribution is 6.31. The summed E-state index contributed by atoms with van der Waals surface area (Å²) in [4.78, 5) is 25.9. The van der Waals surface area contributed by atoms with Crippen molar-refractivity contribution in [2.45, 2.75) is 32.5 Å². The maximum atomic E-state index is 13.0. The van der Waals surface area contributed by atoms with E-state index in [0.29, 0.717) is 20.9 Å². The van der Waals surface area contributed by atoms with Gasteiger partial charge in [0.25, 0.3) is 5.56 Å². The van der Waals surface area contributed by atoms with E-state index >= 15 is 0 Å². The first-order chi connectivity index (χ1) is 12.2. The highest BCUT2D eigenvalue weighted by Crippen LogP contribution is 2.18. The van der Waals surface area contributed by atoms with Gasteiger partial charge >= 0.3 is 5.69 Å². The smallest absolute Gasteiger partial charge is 0.331 e. The molecule has 136 valence electrons. The molecule has 0 aliphatic rings. The Bertz CT molecular complexity index is 1080. The van der Waals surface area contributed by atoms with Gasteiger partial charge in [0.1, 0.15) is 0 Å². The van der Waals surface area contributed by atoms with Gasteiger partial charge in [0.15, 0.2) is 0 Å². The second-order valence-electron chi connectivity index (χ2n) is 6.86. The van der Waals surface area contributed by atoms with Crippen molar-refractivity contribution in [3.8, 4) is 0 Å². The van der Waals surface area contributed by atoms with Gasteiger partial charge in [0.05, 0.1) is 29.6 Å². The van der Waals surface area contributed by atoms with Crippen LogP contribution in [-0.4, -0.2) is 19.8 Å². The second-order valence-corrected chi connectivity index (χ2v) is 7.73. The summed E-state index contributed by atoms with van der Waals surface area (Å²) >= 11 is 11.9. The molecule has 26 heavy (non-hydrogen) atoms. The first-order valence-electron chi connectivity index (χ1n) is 8.05. The molecule has 0 spiro atoms. The molecule has 0 unspecified atom stereocenters. The molecule has 0 saturated heterocycles. The predicted molar refractivity (Wildman–Crippen MR) is 104 cm³/mol. The number of halogens is 2. The third kappa shape index (κ3) is 3.85. The van der Waals surface area contributed by atoms with E-state index in [1.54, 1.807) is 56.3 Å². The molecule has 0 radical (unpaired) electrons. The molecule has 7 heteroatoms. The number of benzene rings is 2. The highest BCUT2D eigenvalue weighted by Gasteiger charge is 2.20. The summed E-state index contributed by atoms with van der Waals surface area (Å²) in [5.74, 6) is 0. The normalized spacial score (nSPS) is 11.9. The summed E-state index contributed by atoms with van der Waals surface area (Å²) in [6, 6.07) is 11.7. The number of hydrogen-bond donors (Lipinski definition) is 1. The van der Waals surface area contributed by atoms with Crippen LogP contribution in [0.3, 0.4) is 0 Å². The van der Waals surface area contributed by atoms with Gasteiger partial charge in [-0.15, -0.1) is 0 Å². The van der Waals surface area contributed by atoms with Crippen LogP contribution in [-0.2, 0) is 13.1 Å². The summed E-state index contributed by atoms with van der Waals surface area (Å²) in [5, 5.41) is 11.6. The van der Waals surface area contributed by atoms with Crippen molar-refractivity contribution in [1.29, 1.82) is 0 Å². The van der Waals surface area contributed by atoms with Crippen LogP contribution in [0.4, 0.5) is 0 Å². The van der Waals surface area contributed by atoms with Gasteiger partial charge in [-0.1, -0.05) is 35.3 Å². The van der Waals surface area contributed by atoms with Gasteiger partial charge in [-0.2, -0.15) is 0 Å². The Kier molecular flexibility index (Phi) is 4.97. The molecule has 0 amide bonds. The largest absolute Gasteiger partial charge is 0.389 e. The average molecular weight is 393 g/mol. The zero-order valence-corrected chi connectivity index (χ0v) is 15.9. The molecule has 1 heterocycles. The topological polar surface area (TPSA) is 64.2 Å². The van der Waals surface area contributed by atoms with Gasteiger partial charge in [-0.3, -0.25) is 13.9 Å². The number of fused-ring (bicyclic) bond motifs is 1. The van der Waals surface area contributed by atoms with Crippen LogP contribution < -0.4 is 11.2 Å². The van der Waals surface area contributed by atoms with E-state index < -0.39 is 16.9 Å². The van der Waals surface area contributed by atoms with Crippen LogP contribution in [0, 0.1) is 0 Å².